The molecule has 206 valence electrons. The zero-order chi connectivity index (χ0) is 26.8. The SMILES string of the molecule is CC(C)(C)c1cc(C(=O)Cn2ccn(Cc3ccccc3)c2=NC2CCCCC2)cc(C(C)(C)C)c1O.Cl. The van der Waals surface area contributed by atoms with Crippen LogP contribution in [0, 0.1) is 0 Å². The number of phenols is 1. The van der Waals surface area contributed by atoms with Gasteiger partial charge in [0.15, 0.2) is 5.78 Å². The molecule has 1 heterocycles. The number of aromatic nitrogens is 2. The molecule has 6 heteroatoms. The monoisotopic (exact) mass is 537 g/mol. The van der Waals surface area contributed by atoms with Gasteiger partial charge in [-0.15, -0.1) is 12.4 Å². The number of hydrogen-bond donors (Lipinski definition) is 1. The van der Waals surface area contributed by atoms with Crippen LogP contribution in [0.3, 0.4) is 0 Å². The molecule has 0 amide bonds. The highest BCUT2D eigenvalue weighted by Gasteiger charge is 2.28. The lowest BCUT2D eigenvalue weighted by Crippen LogP contribution is -2.31. The first-order chi connectivity index (χ1) is 17.4. The zero-order valence-corrected chi connectivity index (χ0v) is 24.6. The molecule has 1 fully saturated rings. The largest absolute Gasteiger partial charge is 0.507 e. The van der Waals surface area contributed by atoms with Gasteiger partial charge in [-0.05, 0) is 41.4 Å². The summed E-state index contributed by atoms with van der Waals surface area (Å²) in [5, 5.41) is 11.1. The predicted octanol–water partition coefficient (Wildman–Crippen LogP) is 7.18. The summed E-state index contributed by atoms with van der Waals surface area (Å²) in [7, 11) is 0. The van der Waals surface area contributed by atoms with Gasteiger partial charge in [0.25, 0.3) is 0 Å². The van der Waals surface area contributed by atoms with E-state index in [1.807, 2.05) is 35.2 Å². The van der Waals surface area contributed by atoms with E-state index < -0.39 is 0 Å². The molecule has 38 heavy (non-hydrogen) atoms. The fourth-order valence-corrected chi connectivity index (χ4v) is 5.19. The maximum absolute atomic E-state index is 13.7. The number of hydrogen-bond acceptors (Lipinski definition) is 3. The van der Waals surface area contributed by atoms with E-state index in [-0.39, 0.29) is 35.6 Å². The summed E-state index contributed by atoms with van der Waals surface area (Å²) in [5.41, 5.74) is 3.75. The van der Waals surface area contributed by atoms with E-state index in [2.05, 4.69) is 70.4 Å². The van der Waals surface area contributed by atoms with E-state index in [1.165, 1.54) is 24.8 Å². The van der Waals surface area contributed by atoms with Crippen LogP contribution < -0.4 is 5.62 Å². The summed E-state index contributed by atoms with van der Waals surface area (Å²) in [6, 6.07) is 14.4. The minimum Gasteiger partial charge on any atom is -0.507 e. The van der Waals surface area contributed by atoms with Crippen molar-refractivity contribution in [3.8, 4) is 5.75 Å². The van der Waals surface area contributed by atoms with Crippen LogP contribution in [0.1, 0.15) is 101 Å². The van der Waals surface area contributed by atoms with Gasteiger partial charge in [0.1, 0.15) is 5.75 Å². The summed E-state index contributed by atoms with van der Waals surface area (Å²) in [6.45, 7) is 13.4. The molecule has 0 spiro atoms. The number of carbonyl (C=O) groups is 1. The van der Waals surface area contributed by atoms with E-state index >= 15 is 0 Å². The van der Waals surface area contributed by atoms with Crippen molar-refractivity contribution in [1.29, 1.82) is 0 Å². The van der Waals surface area contributed by atoms with Gasteiger partial charge in [-0.3, -0.25) is 4.79 Å². The molecule has 0 bridgehead atoms. The normalized spacial score (nSPS) is 15.4. The Hall–Kier alpha value is -2.79. The molecule has 0 radical (unpaired) electrons. The average Bonchev–Trinajstić information content (AvgIpc) is 3.19. The van der Waals surface area contributed by atoms with Crippen molar-refractivity contribution in [2.75, 3.05) is 0 Å². The van der Waals surface area contributed by atoms with Crippen LogP contribution in [-0.4, -0.2) is 26.1 Å². The molecule has 3 aromatic rings. The van der Waals surface area contributed by atoms with E-state index in [1.54, 1.807) is 0 Å². The van der Waals surface area contributed by atoms with Crippen molar-refractivity contribution in [3.05, 3.63) is 82.7 Å². The maximum Gasteiger partial charge on any atom is 0.205 e. The highest BCUT2D eigenvalue weighted by atomic mass is 35.5. The van der Waals surface area contributed by atoms with Gasteiger partial charge in [0, 0.05) is 29.1 Å². The standard InChI is InChI=1S/C32H43N3O2.ClH/c1-31(2,3)26-19-24(20-27(29(26)37)32(4,5)6)28(36)22-35-18-17-34(21-23-13-9-7-10-14-23)30(35)33-25-15-11-8-12-16-25;/h7,9-10,13-14,17-20,25,37H,8,11-12,15-16,21-22H2,1-6H3;1H. The Bertz CT molecular complexity index is 1270. The number of aromatic hydroxyl groups is 1. The average molecular weight is 538 g/mol. The maximum atomic E-state index is 13.7. The molecule has 0 unspecified atom stereocenters. The summed E-state index contributed by atoms with van der Waals surface area (Å²) in [4.78, 5) is 18.9. The first-order valence-corrected chi connectivity index (χ1v) is 13.7. The number of carbonyl (C=O) groups excluding carboxylic acids is 1. The Morgan fingerprint density at radius 1 is 0.895 bits per heavy atom. The second kappa shape index (κ2) is 11.9. The van der Waals surface area contributed by atoms with Gasteiger partial charge < -0.3 is 14.2 Å². The highest BCUT2D eigenvalue weighted by molar-refractivity contribution is 5.96. The molecule has 1 N–H and O–H groups in total. The minimum absolute atomic E-state index is 0. The van der Waals surface area contributed by atoms with Gasteiger partial charge >= 0.3 is 0 Å². The molecule has 1 saturated carbocycles. The molecular formula is C32H44ClN3O2. The van der Waals surface area contributed by atoms with Crippen LogP contribution >= 0.6 is 12.4 Å². The molecule has 1 aliphatic carbocycles. The van der Waals surface area contributed by atoms with Gasteiger partial charge in [-0.1, -0.05) is 91.1 Å². The number of rotatable bonds is 6. The molecule has 2 aromatic carbocycles. The summed E-state index contributed by atoms with van der Waals surface area (Å²) >= 11 is 0. The topological polar surface area (TPSA) is 59.5 Å². The van der Waals surface area contributed by atoms with Crippen LogP contribution in [0.2, 0.25) is 0 Å². The zero-order valence-electron chi connectivity index (χ0n) is 23.8. The van der Waals surface area contributed by atoms with Crippen molar-refractivity contribution in [2.45, 2.75) is 104 Å². The van der Waals surface area contributed by atoms with Gasteiger partial charge in [0.2, 0.25) is 5.62 Å². The molecule has 0 aliphatic heterocycles. The molecule has 1 aliphatic rings. The third-order valence-electron chi connectivity index (χ3n) is 7.37. The molecule has 0 atom stereocenters. The summed E-state index contributed by atoms with van der Waals surface area (Å²) in [6.07, 6.45) is 9.94. The van der Waals surface area contributed by atoms with Crippen LogP contribution in [0.4, 0.5) is 0 Å². The molecular weight excluding hydrogens is 494 g/mol. The van der Waals surface area contributed by atoms with Crippen molar-refractivity contribution in [1.82, 2.24) is 9.13 Å². The molecule has 4 rings (SSSR count). The smallest absolute Gasteiger partial charge is 0.205 e. The predicted molar refractivity (Wildman–Crippen MR) is 157 cm³/mol. The Labute approximate surface area is 234 Å². The first kappa shape index (κ1) is 29.8. The van der Waals surface area contributed by atoms with E-state index in [4.69, 9.17) is 4.99 Å². The number of benzene rings is 2. The summed E-state index contributed by atoms with van der Waals surface area (Å²) in [5.74, 6) is 0.324. The number of ketones is 1. The van der Waals surface area contributed by atoms with E-state index in [9.17, 15) is 9.90 Å². The highest BCUT2D eigenvalue weighted by Crippen LogP contribution is 2.39. The lowest BCUT2D eigenvalue weighted by Gasteiger charge is -2.28. The number of imidazole rings is 1. The van der Waals surface area contributed by atoms with E-state index in [0.717, 1.165) is 36.1 Å². The fourth-order valence-electron chi connectivity index (χ4n) is 5.19. The lowest BCUT2D eigenvalue weighted by atomic mass is 9.78. The number of nitrogens with zero attached hydrogens (tertiary/aromatic N) is 3. The van der Waals surface area contributed by atoms with E-state index in [0.29, 0.717) is 17.4 Å². The Morgan fingerprint density at radius 2 is 1.45 bits per heavy atom. The van der Waals surface area contributed by atoms with Gasteiger partial charge in [0.05, 0.1) is 19.1 Å². The van der Waals surface area contributed by atoms with Crippen molar-refractivity contribution < 1.29 is 9.90 Å². The van der Waals surface area contributed by atoms with Crippen LogP contribution in [-0.2, 0) is 23.9 Å². The van der Waals surface area contributed by atoms with Crippen molar-refractivity contribution in [2.24, 2.45) is 4.99 Å². The third-order valence-corrected chi connectivity index (χ3v) is 7.37. The number of phenolic OH excluding ortho intramolecular Hbond substituents is 1. The molecule has 5 nitrogen and oxygen atoms in total. The molecule has 1 aromatic heterocycles. The fraction of sp³-hybridized carbons (Fsp3) is 0.500. The van der Waals surface area contributed by atoms with Crippen molar-refractivity contribution in [3.63, 3.8) is 0 Å². The third kappa shape index (κ3) is 6.99. The second-order valence-electron chi connectivity index (χ2n) is 12.6. The Morgan fingerprint density at radius 3 is 2.00 bits per heavy atom. The van der Waals surface area contributed by atoms with Crippen LogP contribution in [0.15, 0.2) is 59.9 Å². The summed E-state index contributed by atoms with van der Waals surface area (Å²) < 4.78 is 4.16. The quantitative estimate of drug-likeness (QED) is 0.339. The molecule has 0 saturated heterocycles. The minimum atomic E-state index is -0.284. The van der Waals surface area contributed by atoms with Gasteiger partial charge in [-0.25, -0.2) is 4.99 Å². The lowest BCUT2D eigenvalue weighted by molar-refractivity contribution is 0.0970. The Kier molecular flexibility index (Phi) is 9.35. The van der Waals surface area contributed by atoms with Crippen LogP contribution in [0.5, 0.6) is 5.75 Å². The first-order valence-electron chi connectivity index (χ1n) is 13.7. The Balaban J connectivity index is 0.00000400. The second-order valence-corrected chi connectivity index (χ2v) is 12.6. The number of halogens is 1. The van der Waals surface area contributed by atoms with Crippen molar-refractivity contribution >= 4 is 18.2 Å². The number of Topliss-reactive ketones (excluding diaryl/α,β-unsaturated/α-hetero) is 1. The van der Waals surface area contributed by atoms with Gasteiger partial charge in [-0.2, -0.15) is 0 Å². The van der Waals surface area contributed by atoms with Crippen LogP contribution in [0.25, 0.3) is 0 Å².